The lowest BCUT2D eigenvalue weighted by Gasteiger charge is -2.29. The Kier molecular flexibility index (Phi) is 3.89. The summed E-state index contributed by atoms with van der Waals surface area (Å²) < 4.78 is 6.05. The Morgan fingerprint density at radius 1 is 1.44 bits per heavy atom. The fraction of sp³-hybridized carbons (Fsp3) is 0.412. The molecule has 0 saturated carbocycles. The summed E-state index contributed by atoms with van der Waals surface area (Å²) in [5.41, 5.74) is 2.94. The van der Waals surface area contributed by atoms with Gasteiger partial charge in [0.1, 0.15) is 0 Å². The van der Waals surface area contributed by atoms with E-state index in [2.05, 4.69) is 30.7 Å². The smallest absolute Gasteiger partial charge is 0.154 e. The van der Waals surface area contributed by atoms with Crippen LogP contribution in [0.3, 0.4) is 0 Å². The van der Waals surface area contributed by atoms with Gasteiger partial charge >= 0.3 is 0 Å². The van der Waals surface area contributed by atoms with E-state index in [1.54, 1.807) is 0 Å². The summed E-state index contributed by atoms with van der Waals surface area (Å²) in [6.45, 7) is 6.38. The van der Waals surface area contributed by atoms with E-state index in [4.69, 9.17) is 11.2 Å². The van der Waals surface area contributed by atoms with Crippen molar-refractivity contribution in [2.45, 2.75) is 38.2 Å². The molecule has 1 aromatic rings. The van der Waals surface area contributed by atoms with Crippen molar-refractivity contribution >= 4 is 0 Å². The molecule has 0 bridgehead atoms. The number of fused-ring (bicyclic) bond motifs is 1. The van der Waals surface area contributed by atoms with Gasteiger partial charge in [0, 0.05) is 0 Å². The second kappa shape index (κ2) is 5.42. The van der Waals surface area contributed by atoms with Crippen molar-refractivity contribution in [2.24, 2.45) is 0 Å². The first kappa shape index (κ1) is 12.9. The fourth-order valence-electron chi connectivity index (χ4n) is 2.54. The molecule has 0 radical (unpaired) electrons. The second-order valence-electron chi connectivity index (χ2n) is 5.08. The Balaban J connectivity index is 2.40. The van der Waals surface area contributed by atoms with E-state index in [-0.39, 0.29) is 0 Å². The minimum atomic E-state index is -0.563. The van der Waals surface area contributed by atoms with Gasteiger partial charge in [-0.1, -0.05) is 42.3 Å². The van der Waals surface area contributed by atoms with Crippen LogP contribution in [-0.2, 0) is 16.8 Å². The van der Waals surface area contributed by atoms with Crippen LogP contribution >= 0.6 is 0 Å². The van der Waals surface area contributed by atoms with Crippen LogP contribution < -0.4 is 0 Å². The molecule has 1 aliphatic rings. The summed E-state index contributed by atoms with van der Waals surface area (Å²) in [6, 6.07) is 8.39. The summed E-state index contributed by atoms with van der Waals surface area (Å²) in [4.78, 5) is 0. The molecule has 0 N–H and O–H groups in total. The third-order valence-corrected chi connectivity index (χ3v) is 3.48. The lowest BCUT2D eigenvalue weighted by atomic mass is 9.88. The minimum Gasteiger partial charge on any atom is -0.354 e. The molecule has 2 rings (SSSR count). The molecule has 1 atom stereocenters. The van der Waals surface area contributed by atoms with Gasteiger partial charge in [-0.15, -0.1) is 6.42 Å². The van der Waals surface area contributed by atoms with Crippen molar-refractivity contribution in [1.29, 1.82) is 0 Å². The normalized spacial score (nSPS) is 22.7. The maximum absolute atomic E-state index is 6.05. The Hall–Kier alpha value is -1.52. The van der Waals surface area contributed by atoms with Crippen molar-refractivity contribution in [1.82, 2.24) is 0 Å². The van der Waals surface area contributed by atoms with E-state index in [0.717, 1.165) is 24.8 Å². The summed E-state index contributed by atoms with van der Waals surface area (Å²) in [6.07, 6.45) is 10.1. The average molecular weight is 240 g/mol. The number of hydrogen-bond donors (Lipinski definition) is 0. The Morgan fingerprint density at radius 3 is 2.94 bits per heavy atom. The zero-order chi connectivity index (χ0) is 13.0. The minimum absolute atomic E-state index is 0.526. The van der Waals surface area contributed by atoms with Gasteiger partial charge in [-0.3, -0.25) is 0 Å². The van der Waals surface area contributed by atoms with Gasteiger partial charge in [0.2, 0.25) is 0 Å². The fourth-order valence-corrected chi connectivity index (χ4v) is 2.54. The maximum atomic E-state index is 6.05. The molecular formula is C17H20O. The molecule has 0 saturated heterocycles. The number of benzene rings is 1. The van der Waals surface area contributed by atoms with Gasteiger partial charge in [-0.25, -0.2) is 0 Å². The van der Waals surface area contributed by atoms with E-state index in [0.29, 0.717) is 6.61 Å². The van der Waals surface area contributed by atoms with Gasteiger partial charge < -0.3 is 4.74 Å². The van der Waals surface area contributed by atoms with Crippen molar-refractivity contribution in [3.05, 3.63) is 47.5 Å². The Bertz CT molecular complexity index is 481. The van der Waals surface area contributed by atoms with Crippen molar-refractivity contribution in [2.75, 3.05) is 6.61 Å². The zero-order valence-electron chi connectivity index (χ0n) is 11.0. The van der Waals surface area contributed by atoms with Crippen molar-refractivity contribution in [3.63, 3.8) is 0 Å². The first-order valence-corrected chi connectivity index (χ1v) is 6.52. The van der Waals surface area contributed by atoms with Crippen LogP contribution in [-0.4, -0.2) is 6.61 Å². The molecule has 1 aliphatic carbocycles. The van der Waals surface area contributed by atoms with Gasteiger partial charge in [-0.05, 0) is 43.7 Å². The molecule has 18 heavy (non-hydrogen) atoms. The standard InChI is InChI=1S/C17H20O/c1-4-17(18-13-14(2)3)12-8-7-10-15-9-5-6-11-16(15)17/h1,5-6,9,11H,2,7-8,10,12-13H2,3H3. The van der Waals surface area contributed by atoms with Crippen molar-refractivity contribution in [3.8, 4) is 12.3 Å². The second-order valence-corrected chi connectivity index (χ2v) is 5.08. The van der Waals surface area contributed by atoms with E-state index < -0.39 is 5.60 Å². The summed E-state index contributed by atoms with van der Waals surface area (Å²) in [7, 11) is 0. The first-order chi connectivity index (χ1) is 8.68. The molecule has 0 spiro atoms. The highest BCUT2D eigenvalue weighted by Crippen LogP contribution is 2.37. The lowest BCUT2D eigenvalue weighted by Crippen LogP contribution is -2.29. The highest BCUT2D eigenvalue weighted by Gasteiger charge is 2.34. The predicted octanol–water partition coefficient (Wildman–Crippen LogP) is 3.83. The molecule has 94 valence electrons. The lowest BCUT2D eigenvalue weighted by molar-refractivity contribution is 0.00252. The summed E-state index contributed by atoms with van der Waals surface area (Å²) in [5, 5.41) is 0. The molecule has 1 aromatic carbocycles. The van der Waals surface area contributed by atoms with Gasteiger partial charge in [0.25, 0.3) is 0 Å². The third kappa shape index (κ3) is 2.49. The summed E-state index contributed by atoms with van der Waals surface area (Å²) in [5.74, 6) is 2.91. The van der Waals surface area contributed by atoms with Gasteiger partial charge in [-0.2, -0.15) is 0 Å². The zero-order valence-corrected chi connectivity index (χ0v) is 11.0. The number of hydrogen-bond acceptors (Lipinski definition) is 1. The molecule has 0 amide bonds. The van der Waals surface area contributed by atoms with Crippen LogP contribution in [0.2, 0.25) is 0 Å². The molecule has 0 aliphatic heterocycles. The molecule has 0 fully saturated rings. The third-order valence-electron chi connectivity index (χ3n) is 3.48. The van der Waals surface area contributed by atoms with Crippen LogP contribution in [0.1, 0.15) is 37.3 Å². The summed E-state index contributed by atoms with van der Waals surface area (Å²) >= 11 is 0. The Labute approximate surface area is 110 Å². The number of rotatable bonds is 3. The van der Waals surface area contributed by atoms with E-state index >= 15 is 0 Å². The molecule has 1 nitrogen and oxygen atoms in total. The quantitative estimate of drug-likeness (QED) is 0.443. The Morgan fingerprint density at radius 2 is 2.22 bits per heavy atom. The van der Waals surface area contributed by atoms with E-state index in [9.17, 15) is 0 Å². The molecule has 1 heteroatoms. The first-order valence-electron chi connectivity index (χ1n) is 6.52. The highest BCUT2D eigenvalue weighted by molar-refractivity contribution is 5.39. The van der Waals surface area contributed by atoms with Crippen LogP contribution in [0.5, 0.6) is 0 Å². The van der Waals surface area contributed by atoms with E-state index in [1.165, 1.54) is 17.5 Å². The number of terminal acetylenes is 1. The van der Waals surface area contributed by atoms with Crippen LogP contribution in [0.15, 0.2) is 36.4 Å². The monoisotopic (exact) mass is 240 g/mol. The van der Waals surface area contributed by atoms with Crippen LogP contribution in [0, 0.1) is 12.3 Å². The van der Waals surface area contributed by atoms with Gasteiger partial charge in [0.15, 0.2) is 5.60 Å². The van der Waals surface area contributed by atoms with Crippen LogP contribution in [0.4, 0.5) is 0 Å². The van der Waals surface area contributed by atoms with E-state index in [1.807, 2.05) is 13.0 Å². The molecule has 1 unspecified atom stereocenters. The maximum Gasteiger partial charge on any atom is 0.154 e. The SMILES string of the molecule is C#CC1(OCC(=C)C)CCCCc2ccccc21. The molecule has 0 heterocycles. The number of aryl methyl sites for hydroxylation is 1. The van der Waals surface area contributed by atoms with Crippen molar-refractivity contribution < 1.29 is 4.74 Å². The number of ether oxygens (including phenoxy) is 1. The average Bonchev–Trinajstić information content (AvgIpc) is 2.57. The molecular weight excluding hydrogens is 220 g/mol. The van der Waals surface area contributed by atoms with Crippen LogP contribution in [0.25, 0.3) is 0 Å². The highest BCUT2D eigenvalue weighted by atomic mass is 16.5. The molecule has 0 aromatic heterocycles. The van der Waals surface area contributed by atoms with Gasteiger partial charge in [0.05, 0.1) is 6.61 Å². The predicted molar refractivity (Wildman–Crippen MR) is 75.3 cm³/mol. The largest absolute Gasteiger partial charge is 0.354 e. The topological polar surface area (TPSA) is 9.23 Å².